The van der Waals surface area contributed by atoms with Gasteiger partial charge in [0.25, 0.3) is 0 Å². The van der Waals surface area contributed by atoms with E-state index in [0.717, 1.165) is 12.8 Å². The fourth-order valence-electron chi connectivity index (χ4n) is 2.13. The summed E-state index contributed by atoms with van der Waals surface area (Å²) in [5.41, 5.74) is 5.29. The minimum atomic E-state index is -0.502. The highest BCUT2D eigenvalue weighted by molar-refractivity contribution is 5.82. The maximum absolute atomic E-state index is 12.1. The average molecular weight is 258 g/mol. The maximum atomic E-state index is 12.1. The molecule has 0 saturated heterocycles. The van der Waals surface area contributed by atoms with Crippen LogP contribution in [-0.2, 0) is 4.79 Å². The molecule has 0 aromatic carbocycles. The summed E-state index contributed by atoms with van der Waals surface area (Å²) in [6, 6.07) is 0. The van der Waals surface area contributed by atoms with E-state index in [1.165, 1.54) is 0 Å². The lowest BCUT2D eigenvalue weighted by molar-refractivity contribution is -0.131. The molecule has 0 saturated carbocycles. The van der Waals surface area contributed by atoms with E-state index in [9.17, 15) is 9.90 Å². The molecule has 4 N–H and O–H groups in total. The van der Waals surface area contributed by atoms with Crippen LogP contribution in [-0.4, -0.2) is 30.2 Å². The van der Waals surface area contributed by atoms with Crippen LogP contribution >= 0.6 is 0 Å². The van der Waals surface area contributed by atoms with Crippen molar-refractivity contribution in [2.45, 2.75) is 60.0 Å². The molecular weight excluding hydrogens is 228 g/mol. The number of hydrogen-bond donors (Lipinski definition) is 3. The third kappa shape index (κ3) is 5.36. The Hall–Kier alpha value is -0.610. The summed E-state index contributed by atoms with van der Waals surface area (Å²) >= 11 is 0. The first-order valence-corrected chi connectivity index (χ1v) is 6.87. The van der Waals surface area contributed by atoms with Gasteiger partial charge in [0.05, 0.1) is 11.5 Å². The van der Waals surface area contributed by atoms with Gasteiger partial charge in [-0.1, -0.05) is 34.6 Å². The van der Waals surface area contributed by atoms with E-state index in [1.807, 2.05) is 13.8 Å². The third-order valence-electron chi connectivity index (χ3n) is 3.57. The van der Waals surface area contributed by atoms with Crippen LogP contribution < -0.4 is 11.1 Å². The molecule has 18 heavy (non-hydrogen) atoms. The highest BCUT2D eigenvalue weighted by atomic mass is 16.3. The van der Waals surface area contributed by atoms with E-state index in [-0.39, 0.29) is 11.3 Å². The summed E-state index contributed by atoms with van der Waals surface area (Å²) in [4.78, 5) is 12.1. The summed E-state index contributed by atoms with van der Waals surface area (Å²) in [6.07, 6.45) is 1.61. The Morgan fingerprint density at radius 2 is 1.78 bits per heavy atom. The molecular formula is C14H30N2O2. The van der Waals surface area contributed by atoms with Gasteiger partial charge in [0, 0.05) is 13.1 Å². The van der Waals surface area contributed by atoms with Gasteiger partial charge in [-0.25, -0.2) is 0 Å². The van der Waals surface area contributed by atoms with Gasteiger partial charge in [-0.2, -0.15) is 0 Å². The zero-order valence-electron chi connectivity index (χ0n) is 12.5. The molecule has 0 aliphatic heterocycles. The highest BCUT2D eigenvalue weighted by Gasteiger charge is 2.33. The first-order chi connectivity index (χ1) is 8.20. The molecule has 0 aromatic heterocycles. The largest absolute Gasteiger partial charge is 0.391 e. The molecule has 0 aliphatic rings. The zero-order chi connectivity index (χ0) is 14.4. The summed E-state index contributed by atoms with van der Waals surface area (Å²) in [6.45, 7) is 10.8. The van der Waals surface area contributed by atoms with Crippen molar-refractivity contribution >= 4 is 5.91 Å². The number of aliphatic hydroxyl groups excluding tert-OH is 1. The van der Waals surface area contributed by atoms with Crippen LogP contribution in [0.1, 0.15) is 53.9 Å². The van der Waals surface area contributed by atoms with E-state index in [2.05, 4.69) is 26.1 Å². The molecule has 1 unspecified atom stereocenters. The standard InChI is InChI=1S/C14H30N2O2/c1-6-14(7-2,10-15)12(18)16-9-11(17)8-13(3,4)5/h11,17H,6-10,15H2,1-5H3,(H,16,18). The Morgan fingerprint density at radius 3 is 2.11 bits per heavy atom. The van der Waals surface area contributed by atoms with Crippen LogP contribution in [0.15, 0.2) is 0 Å². The molecule has 108 valence electrons. The van der Waals surface area contributed by atoms with Crippen LogP contribution in [0.2, 0.25) is 0 Å². The van der Waals surface area contributed by atoms with E-state index in [1.54, 1.807) is 0 Å². The molecule has 4 nitrogen and oxygen atoms in total. The molecule has 0 rings (SSSR count). The van der Waals surface area contributed by atoms with Gasteiger partial charge in [-0.3, -0.25) is 4.79 Å². The number of nitrogens with two attached hydrogens (primary N) is 1. The normalized spacial score (nSPS) is 14.4. The molecule has 0 aromatic rings. The van der Waals surface area contributed by atoms with Gasteiger partial charge in [0.15, 0.2) is 0 Å². The molecule has 0 spiro atoms. The molecule has 0 radical (unpaired) electrons. The lowest BCUT2D eigenvalue weighted by Gasteiger charge is -2.29. The van der Waals surface area contributed by atoms with Crippen molar-refractivity contribution in [3.05, 3.63) is 0 Å². The molecule has 0 heterocycles. The van der Waals surface area contributed by atoms with Gasteiger partial charge < -0.3 is 16.2 Å². The second-order valence-corrected chi connectivity index (χ2v) is 6.32. The topological polar surface area (TPSA) is 75.4 Å². The SMILES string of the molecule is CCC(CC)(CN)C(=O)NCC(O)CC(C)(C)C. The fraction of sp³-hybridized carbons (Fsp3) is 0.929. The lowest BCUT2D eigenvalue weighted by Crippen LogP contribution is -2.47. The molecule has 1 amide bonds. The minimum absolute atomic E-state index is 0.0389. The molecule has 4 heteroatoms. The number of carbonyl (C=O) groups excluding carboxylic acids is 1. The average Bonchev–Trinajstić information content (AvgIpc) is 2.27. The molecule has 0 aliphatic carbocycles. The number of hydrogen-bond acceptors (Lipinski definition) is 3. The first-order valence-electron chi connectivity index (χ1n) is 6.87. The number of rotatable bonds is 7. The fourth-order valence-corrected chi connectivity index (χ4v) is 2.13. The number of nitrogens with one attached hydrogen (secondary N) is 1. The minimum Gasteiger partial charge on any atom is -0.391 e. The second kappa shape index (κ2) is 7.10. The zero-order valence-corrected chi connectivity index (χ0v) is 12.5. The van der Waals surface area contributed by atoms with Gasteiger partial charge >= 0.3 is 0 Å². The molecule has 0 fully saturated rings. The number of aliphatic hydroxyl groups is 1. The van der Waals surface area contributed by atoms with Crippen molar-refractivity contribution in [1.29, 1.82) is 0 Å². The van der Waals surface area contributed by atoms with Gasteiger partial charge in [0.2, 0.25) is 5.91 Å². The number of amides is 1. The number of carbonyl (C=O) groups is 1. The third-order valence-corrected chi connectivity index (χ3v) is 3.57. The summed E-state index contributed by atoms with van der Waals surface area (Å²) in [5, 5.41) is 12.7. The van der Waals surface area contributed by atoms with Crippen LogP contribution in [0.3, 0.4) is 0 Å². The van der Waals surface area contributed by atoms with Gasteiger partial charge in [0.1, 0.15) is 0 Å². The van der Waals surface area contributed by atoms with Crippen LogP contribution in [0.4, 0.5) is 0 Å². The highest BCUT2D eigenvalue weighted by Crippen LogP contribution is 2.25. The Labute approximate surface area is 111 Å². The van der Waals surface area contributed by atoms with Crippen molar-refractivity contribution in [3.63, 3.8) is 0 Å². The maximum Gasteiger partial charge on any atom is 0.227 e. The van der Waals surface area contributed by atoms with Crippen molar-refractivity contribution in [2.24, 2.45) is 16.6 Å². The Balaban J connectivity index is 4.32. The van der Waals surface area contributed by atoms with Crippen LogP contribution in [0.25, 0.3) is 0 Å². The quantitative estimate of drug-likeness (QED) is 0.650. The summed E-state index contributed by atoms with van der Waals surface area (Å²) < 4.78 is 0. The molecule has 0 bridgehead atoms. The Bertz CT molecular complexity index is 247. The smallest absolute Gasteiger partial charge is 0.227 e. The van der Waals surface area contributed by atoms with E-state index in [0.29, 0.717) is 19.5 Å². The summed E-state index contributed by atoms with van der Waals surface area (Å²) in [5.74, 6) is -0.0389. The van der Waals surface area contributed by atoms with Crippen molar-refractivity contribution in [2.75, 3.05) is 13.1 Å². The predicted molar refractivity (Wildman–Crippen MR) is 75.2 cm³/mol. The Kier molecular flexibility index (Phi) is 6.86. The van der Waals surface area contributed by atoms with Crippen LogP contribution in [0.5, 0.6) is 0 Å². The second-order valence-electron chi connectivity index (χ2n) is 6.32. The van der Waals surface area contributed by atoms with Crippen molar-refractivity contribution in [3.8, 4) is 0 Å². The van der Waals surface area contributed by atoms with Crippen LogP contribution in [0, 0.1) is 10.8 Å². The molecule has 1 atom stereocenters. The van der Waals surface area contributed by atoms with Gasteiger partial charge in [-0.05, 0) is 24.7 Å². The summed E-state index contributed by atoms with van der Waals surface area (Å²) in [7, 11) is 0. The first kappa shape index (κ1) is 17.4. The van der Waals surface area contributed by atoms with E-state index >= 15 is 0 Å². The van der Waals surface area contributed by atoms with E-state index < -0.39 is 11.5 Å². The van der Waals surface area contributed by atoms with Crippen molar-refractivity contribution < 1.29 is 9.90 Å². The van der Waals surface area contributed by atoms with E-state index in [4.69, 9.17) is 5.73 Å². The van der Waals surface area contributed by atoms with Crippen molar-refractivity contribution in [1.82, 2.24) is 5.32 Å². The monoisotopic (exact) mass is 258 g/mol. The van der Waals surface area contributed by atoms with Gasteiger partial charge in [-0.15, -0.1) is 0 Å². The predicted octanol–water partition coefficient (Wildman–Crippen LogP) is 1.66. The lowest BCUT2D eigenvalue weighted by atomic mass is 9.81. The Morgan fingerprint density at radius 1 is 1.28 bits per heavy atom.